The van der Waals surface area contributed by atoms with E-state index < -0.39 is 11.9 Å². The van der Waals surface area contributed by atoms with Crippen molar-refractivity contribution in [2.45, 2.75) is 44.7 Å². The van der Waals surface area contributed by atoms with Crippen LogP contribution in [0.15, 0.2) is 127 Å². The van der Waals surface area contributed by atoms with E-state index in [-0.39, 0.29) is 36.7 Å². The predicted molar refractivity (Wildman–Crippen MR) is 206 cm³/mol. The second kappa shape index (κ2) is 16.0. The fraction of sp³-hybridized carbons (Fsp3) is 0.244. The lowest BCUT2D eigenvalue weighted by molar-refractivity contribution is -0.136. The van der Waals surface area contributed by atoms with Gasteiger partial charge in [0.05, 0.1) is 6.04 Å². The Kier molecular flexibility index (Phi) is 10.4. The van der Waals surface area contributed by atoms with E-state index in [2.05, 4.69) is 34.5 Å². The summed E-state index contributed by atoms with van der Waals surface area (Å²) in [6, 6.07) is 41.1. The zero-order valence-electron chi connectivity index (χ0n) is 30.4. The van der Waals surface area contributed by atoms with Crippen molar-refractivity contribution in [3.8, 4) is 11.5 Å². The van der Waals surface area contributed by atoms with Crippen LogP contribution in [-0.2, 0) is 29.3 Å². The van der Waals surface area contributed by atoms with Crippen molar-refractivity contribution >= 4 is 23.6 Å². The Hall–Kier alpha value is -6.26. The first-order valence-electron chi connectivity index (χ1n) is 18.7. The Morgan fingerprint density at radius 3 is 1.80 bits per heavy atom. The zero-order chi connectivity index (χ0) is 37.7. The molecule has 2 saturated heterocycles. The summed E-state index contributed by atoms with van der Waals surface area (Å²) in [6.07, 6.45) is 0.482. The van der Waals surface area contributed by atoms with E-state index in [1.54, 1.807) is 18.2 Å². The lowest BCUT2D eigenvalue weighted by atomic mass is 9.96. The highest BCUT2D eigenvalue weighted by Gasteiger charge is 2.39. The number of fused-ring (bicyclic) bond motifs is 1. The van der Waals surface area contributed by atoms with E-state index in [9.17, 15) is 19.2 Å². The van der Waals surface area contributed by atoms with Gasteiger partial charge in [0, 0.05) is 50.3 Å². The number of hydrogen-bond acceptors (Lipinski definition) is 7. The molecule has 10 heteroatoms. The average molecular weight is 735 g/mol. The topological polar surface area (TPSA) is 108 Å². The van der Waals surface area contributed by atoms with Crippen molar-refractivity contribution in [1.82, 2.24) is 20.0 Å². The van der Waals surface area contributed by atoms with Crippen molar-refractivity contribution in [3.63, 3.8) is 0 Å². The molecule has 3 aliphatic heterocycles. The fourth-order valence-electron chi connectivity index (χ4n) is 7.66. The fourth-order valence-corrected chi connectivity index (χ4v) is 7.66. The van der Waals surface area contributed by atoms with Gasteiger partial charge in [-0.15, -0.1) is 0 Å². The summed E-state index contributed by atoms with van der Waals surface area (Å²) in [7, 11) is 0. The summed E-state index contributed by atoms with van der Waals surface area (Å²) in [6.45, 7) is 3.58. The van der Waals surface area contributed by atoms with E-state index >= 15 is 0 Å². The van der Waals surface area contributed by atoms with Crippen LogP contribution in [0.3, 0.4) is 0 Å². The van der Waals surface area contributed by atoms with Gasteiger partial charge in [-0.2, -0.15) is 0 Å². The maximum Gasteiger partial charge on any atom is 0.255 e. The Labute approximate surface area is 320 Å². The van der Waals surface area contributed by atoms with Gasteiger partial charge >= 0.3 is 0 Å². The molecule has 0 bridgehead atoms. The Bertz CT molecular complexity index is 2080. The number of imide groups is 1. The molecule has 1 unspecified atom stereocenters. The quantitative estimate of drug-likeness (QED) is 0.162. The summed E-state index contributed by atoms with van der Waals surface area (Å²) >= 11 is 0. The zero-order valence-corrected chi connectivity index (χ0v) is 30.4. The summed E-state index contributed by atoms with van der Waals surface area (Å²) in [5.74, 6) is 0.462. The van der Waals surface area contributed by atoms with Crippen LogP contribution in [0.4, 0.5) is 0 Å². The van der Waals surface area contributed by atoms with Gasteiger partial charge < -0.3 is 19.3 Å². The second-order valence-electron chi connectivity index (χ2n) is 14.2. The number of rotatable bonds is 11. The smallest absolute Gasteiger partial charge is 0.255 e. The van der Waals surface area contributed by atoms with Crippen LogP contribution >= 0.6 is 0 Å². The number of nitrogens with one attached hydrogen (secondary N) is 1. The molecule has 8 rings (SSSR count). The molecule has 5 aromatic carbocycles. The van der Waals surface area contributed by atoms with Crippen LogP contribution in [0.5, 0.6) is 11.5 Å². The molecule has 55 heavy (non-hydrogen) atoms. The standard InChI is InChI=1S/C45H42N4O6/c50-41-22-21-40(43(51)46-41)49-28-36-27-35(15-20-39(36)45(49)53)44(52)48-25-23-47(24-26-48)42(33-11-16-37(17-12-33)54-29-31-7-3-1-4-8-31)34-13-18-38(19-14-34)55-30-32-9-5-2-6-10-32/h1-20,27,40,42H,21-26,28-30H2,(H,46,50,51). The summed E-state index contributed by atoms with van der Waals surface area (Å²) in [4.78, 5) is 57.0. The van der Waals surface area contributed by atoms with Gasteiger partial charge in [0.15, 0.2) is 0 Å². The van der Waals surface area contributed by atoms with Crippen molar-refractivity contribution in [2.75, 3.05) is 26.2 Å². The number of nitrogens with zero attached hydrogens (tertiary/aromatic N) is 3. The highest BCUT2D eigenvalue weighted by atomic mass is 16.5. The van der Waals surface area contributed by atoms with Crippen molar-refractivity contribution in [1.29, 1.82) is 0 Å². The number of ether oxygens (including phenoxy) is 2. The number of benzene rings is 5. The molecule has 10 nitrogen and oxygen atoms in total. The van der Waals surface area contributed by atoms with Crippen molar-refractivity contribution in [3.05, 3.63) is 166 Å². The van der Waals surface area contributed by atoms with E-state index in [1.165, 1.54) is 4.90 Å². The molecule has 1 atom stereocenters. The summed E-state index contributed by atoms with van der Waals surface area (Å²) in [5, 5.41) is 2.34. The number of piperidine rings is 1. The Morgan fingerprint density at radius 1 is 0.691 bits per heavy atom. The lowest BCUT2D eigenvalue weighted by Gasteiger charge is -2.40. The van der Waals surface area contributed by atoms with Crippen LogP contribution in [0.25, 0.3) is 0 Å². The molecule has 1 N–H and O–H groups in total. The van der Waals surface area contributed by atoms with Crippen LogP contribution in [0.2, 0.25) is 0 Å². The molecular weight excluding hydrogens is 693 g/mol. The van der Waals surface area contributed by atoms with Crippen molar-refractivity contribution < 1.29 is 28.7 Å². The first-order valence-corrected chi connectivity index (χ1v) is 18.7. The van der Waals surface area contributed by atoms with Crippen LogP contribution in [0, 0.1) is 0 Å². The number of piperazine rings is 1. The van der Waals surface area contributed by atoms with E-state index in [0.29, 0.717) is 62.5 Å². The molecule has 0 aliphatic carbocycles. The Morgan fingerprint density at radius 2 is 1.25 bits per heavy atom. The molecule has 0 radical (unpaired) electrons. The molecule has 5 aromatic rings. The lowest BCUT2D eigenvalue weighted by Crippen LogP contribution is -2.52. The van der Waals surface area contributed by atoms with Gasteiger partial charge in [0.1, 0.15) is 30.8 Å². The SMILES string of the molecule is O=C1CCC(N2Cc3cc(C(=O)N4CCN(C(c5ccc(OCc6ccccc6)cc5)c5ccc(OCc6ccccc6)cc5)CC4)ccc3C2=O)C(=O)N1. The molecule has 4 amide bonds. The predicted octanol–water partition coefficient (Wildman–Crippen LogP) is 6.15. The molecule has 0 saturated carbocycles. The maximum atomic E-state index is 13.9. The van der Waals surface area contributed by atoms with Gasteiger partial charge in [-0.1, -0.05) is 84.9 Å². The summed E-state index contributed by atoms with van der Waals surface area (Å²) < 4.78 is 12.2. The van der Waals surface area contributed by atoms with E-state index in [0.717, 1.165) is 33.8 Å². The van der Waals surface area contributed by atoms with Crippen LogP contribution in [0.1, 0.15) is 67.4 Å². The van der Waals surface area contributed by atoms with Gasteiger partial charge in [0.25, 0.3) is 11.8 Å². The first kappa shape index (κ1) is 35.8. The average Bonchev–Trinajstić information content (AvgIpc) is 3.55. The molecule has 3 aliphatic rings. The van der Waals surface area contributed by atoms with Crippen LogP contribution in [-0.4, -0.2) is 70.5 Å². The van der Waals surface area contributed by atoms with E-state index in [1.807, 2.05) is 89.8 Å². The molecule has 0 aromatic heterocycles. The minimum Gasteiger partial charge on any atom is -0.489 e. The van der Waals surface area contributed by atoms with Gasteiger partial charge in [-0.3, -0.25) is 29.4 Å². The normalized spacial score (nSPS) is 17.3. The number of amides is 4. The molecule has 0 spiro atoms. The second-order valence-corrected chi connectivity index (χ2v) is 14.2. The highest BCUT2D eigenvalue weighted by Crippen LogP contribution is 2.33. The third kappa shape index (κ3) is 8.00. The molecular formula is C45H42N4O6. The minimum atomic E-state index is -0.700. The monoisotopic (exact) mass is 734 g/mol. The number of carbonyl (C=O) groups excluding carboxylic acids is 4. The molecule has 2 fully saturated rings. The van der Waals surface area contributed by atoms with Crippen LogP contribution < -0.4 is 14.8 Å². The highest BCUT2D eigenvalue weighted by molar-refractivity contribution is 6.06. The van der Waals surface area contributed by atoms with Gasteiger partial charge in [0.2, 0.25) is 11.8 Å². The third-order valence-corrected chi connectivity index (χ3v) is 10.6. The largest absolute Gasteiger partial charge is 0.489 e. The molecule has 278 valence electrons. The Balaban J connectivity index is 0.956. The maximum absolute atomic E-state index is 13.9. The summed E-state index contributed by atoms with van der Waals surface area (Å²) in [5.41, 5.74) is 6.16. The molecule has 3 heterocycles. The van der Waals surface area contributed by atoms with Crippen molar-refractivity contribution in [2.24, 2.45) is 0 Å². The third-order valence-electron chi connectivity index (χ3n) is 10.6. The van der Waals surface area contributed by atoms with Gasteiger partial charge in [-0.25, -0.2) is 0 Å². The first-order chi connectivity index (χ1) is 26.9. The van der Waals surface area contributed by atoms with E-state index in [4.69, 9.17) is 9.47 Å². The number of carbonyl (C=O) groups is 4. The minimum absolute atomic E-state index is 0.0622. The number of hydrogen-bond donors (Lipinski definition) is 1. The van der Waals surface area contributed by atoms with Gasteiger partial charge in [-0.05, 0) is 76.7 Å².